The van der Waals surface area contributed by atoms with E-state index in [9.17, 15) is 0 Å². The minimum absolute atomic E-state index is 0.373. The molecule has 0 amide bonds. The molecule has 1 fully saturated rings. The molecule has 1 unspecified atom stereocenters. The van der Waals surface area contributed by atoms with Gasteiger partial charge in [0, 0.05) is 18.9 Å². The average molecular weight is 155 g/mol. The summed E-state index contributed by atoms with van der Waals surface area (Å²) in [6.07, 6.45) is 6.49. The van der Waals surface area contributed by atoms with Crippen molar-refractivity contribution in [1.29, 1.82) is 0 Å². The Bertz CT molecular complexity index is 171. The summed E-state index contributed by atoms with van der Waals surface area (Å²) in [7, 11) is 0. The topological polar surface area (TPSA) is 44.5 Å². The van der Waals surface area contributed by atoms with Crippen LogP contribution in [0.1, 0.15) is 19.3 Å². The van der Waals surface area contributed by atoms with E-state index in [0.717, 1.165) is 19.3 Å². The first-order valence-electron chi connectivity index (χ1n) is 4.08. The fourth-order valence-electron chi connectivity index (χ4n) is 1.94. The van der Waals surface area contributed by atoms with Crippen LogP contribution in [-0.2, 0) is 9.47 Å². The Morgan fingerprint density at radius 3 is 2.82 bits per heavy atom. The van der Waals surface area contributed by atoms with Crippen LogP contribution in [0.15, 0.2) is 12.5 Å². The summed E-state index contributed by atoms with van der Waals surface area (Å²) in [5, 5.41) is 0. The van der Waals surface area contributed by atoms with Crippen LogP contribution in [0.5, 0.6) is 0 Å². The Hall–Kier alpha value is -0.700. The lowest BCUT2D eigenvalue weighted by molar-refractivity contribution is -0.164. The summed E-state index contributed by atoms with van der Waals surface area (Å²) in [6, 6.07) is 0. The normalized spacial score (nSPS) is 32.3. The monoisotopic (exact) mass is 155 g/mol. The van der Waals surface area contributed by atoms with Crippen molar-refractivity contribution in [1.82, 2.24) is 0 Å². The number of rotatable bonds is 1. The molecule has 0 bridgehead atoms. The molecule has 0 saturated heterocycles. The molecule has 0 aromatic heterocycles. The van der Waals surface area contributed by atoms with Crippen molar-refractivity contribution >= 4 is 0 Å². The quantitative estimate of drug-likeness (QED) is 0.613. The van der Waals surface area contributed by atoms with Gasteiger partial charge in [0.1, 0.15) is 12.5 Å². The van der Waals surface area contributed by atoms with Crippen LogP contribution in [0, 0.1) is 5.92 Å². The second-order valence-electron chi connectivity index (χ2n) is 3.14. The van der Waals surface area contributed by atoms with Crippen LogP contribution in [0.25, 0.3) is 0 Å². The molecule has 1 heterocycles. The number of hydrogen-bond acceptors (Lipinski definition) is 3. The van der Waals surface area contributed by atoms with Crippen LogP contribution < -0.4 is 5.73 Å². The molecule has 11 heavy (non-hydrogen) atoms. The van der Waals surface area contributed by atoms with Crippen molar-refractivity contribution < 1.29 is 9.47 Å². The van der Waals surface area contributed by atoms with E-state index in [1.54, 1.807) is 12.5 Å². The molecule has 0 aromatic carbocycles. The highest BCUT2D eigenvalue weighted by atomic mass is 16.7. The second kappa shape index (κ2) is 2.41. The van der Waals surface area contributed by atoms with Gasteiger partial charge in [-0.3, -0.25) is 0 Å². The van der Waals surface area contributed by atoms with Crippen LogP contribution in [0.3, 0.4) is 0 Å². The zero-order valence-corrected chi connectivity index (χ0v) is 6.45. The van der Waals surface area contributed by atoms with E-state index in [1.807, 2.05) is 0 Å². The van der Waals surface area contributed by atoms with E-state index in [-0.39, 0.29) is 5.79 Å². The van der Waals surface area contributed by atoms with Gasteiger partial charge >= 0.3 is 0 Å². The standard InChI is InChI=1S/C8H13NO2/c9-6-7-2-1-3-8(7)10-4-5-11-8/h4-5,7H,1-3,6,9H2. The molecular weight excluding hydrogens is 142 g/mol. The van der Waals surface area contributed by atoms with Crippen molar-refractivity contribution in [3.63, 3.8) is 0 Å². The maximum atomic E-state index is 5.60. The molecular formula is C8H13NO2. The molecule has 3 nitrogen and oxygen atoms in total. The summed E-state index contributed by atoms with van der Waals surface area (Å²) in [6.45, 7) is 0.654. The zero-order valence-electron chi connectivity index (χ0n) is 6.45. The van der Waals surface area contributed by atoms with Gasteiger partial charge in [-0.2, -0.15) is 0 Å². The molecule has 2 aliphatic rings. The van der Waals surface area contributed by atoms with Crippen molar-refractivity contribution in [2.45, 2.75) is 25.0 Å². The van der Waals surface area contributed by atoms with Crippen LogP contribution in [0.4, 0.5) is 0 Å². The third-order valence-electron chi connectivity index (χ3n) is 2.57. The fraction of sp³-hybridized carbons (Fsp3) is 0.750. The smallest absolute Gasteiger partial charge is 0.253 e. The highest BCUT2D eigenvalue weighted by molar-refractivity contribution is 4.94. The van der Waals surface area contributed by atoms with Crippen molar-refractivity contribution in [2.24, 2.45) is 11.7 Å². The van der Waals surface area contributed by atoms with Crippen LogP contribution in [-0.4, -0.2) is 12.3 Å². The highest BCUT2D eigenvalue weighted by Gasteiger charge is 2.47. The Morgan fingerprint density at radius 1 is 1.45 bits per heavy atom. The minimum Gasteiger partial charge on any atom is -0.456 e. The summed E-state index contributed by atoms with van der Waals surface area (Å²) in [5.41, 5.74) is 5.60. The number of ether oxygens (including phenoxy) is 2. The molecule has 1 saturated carbocycles. The van der Waals surface area contributed by atoms with Crippen molar-refractivity contribution in [3.8, 4) is 0 Å². The van der Waals surface area contributed by atoms with E-state index in [1.165, 1.54) is 0 Å². The molecule has 2 N–H and O–H groups in total. The number of nitrogens with two attached hydrogens (primary N) is 1. The van der Waals surface area contributed by atoms with Gasteiger partial charge in [0.25, 0.3) is 5.79 Å². The molecule has 1 atom stereocenters. The maximum Gasteiger partial charge on any atom is 0.253 e. The first-order chi connectivity index (χ1) is 5.37. The Balaban J connectivity index is 2.11. The molecule has 0 aromatic rings. The van der Waals surface area contributed by atoms with Gasteiger partial charge in [-0.15, -0.1) is 0 Å². The maximum absolute atomic E-state index is 5.60. The Morgan fingerprint density at radius 2 is 2.18 bits per heavy atom. The van der Waals surface area contributed by atoms with Gasteiger partial charge in [0.2, 0.25) is 0 Å². The second-order valence-corrected chi connectivity index (χ2v) is 3.14. The predicted octanol–water partition coefficient (Wildman–Crippen LogP) is 0.960. The summed E-state index contributed by atoms with van der Waals surface area (Å²) in [4.78, 5) is 0. The first-order valence-corrected chi connectivity index (χ1v) is 4.08. The van der Waals surface area contributed by atoms with E-state index >= 15 is 0 Å². The van der Waals surface area contributed by atoms with Crippen molar-refractivity contribution in [3.05, 3.63) is 12.5 Å². The summed E-state index contributed by atoms with van der Waals surface area (Å²) in [5.74, 6) is -0.00752. The molecule has 1 aliphatic carbocycles. The van der Waals surface area contributed by atoms with Crippen LogP contribution in [0.2, 0.25) is 0 Å². The van der Waals surface area contributed by atoms with Gasteiger partial charge in [0.05, 0.1) is 0 Å². The average Bonchev–Trinajstić information content (AvgIpc) is 2.62. The van der Waals surface area contributed by atoms with Gasteiger partial charge in [-0.1, -0.05) is 0 Å². The SMILES string of the molecule is NCC1CCCC12OC=CO2. The van der Waals surface area contributed by atoms with Gasteiger partial charge in [0.15, 0.2) is 0 Å². The molecule has 62 valence electrons. The van der Waals surface area contributed by atoms with Crippen molar-refractivity contribution in [2.75, 3.05) is 6.54 Å². The summed E-state index contributed by atoms with van der Waals surface area (Å²) >= 11 is 0. The first kappa shape index (κ1) is 6.98. The molecule has 1 spiro atoms. The lowest BCUT2D eigenvalue weighted by Crippen LogP contribution is -2.38. The molecule has 0 radical (unpaired) electrons. The van der Waals surface area contributed by atoms with E-state index in [0.29, 0.717) is 12.5 Å². The van der Waals surface area contributed by atoms with Gasteiger partial charge in [-0.05, 0) is 12.8 Å². The third-order valence-corrected chi connectivity index (χ3v) is 2.57. The van der Waals surface area contributed by atoms with E-state index in [4.69, 9.17) is 15.2 Å². The van der Waals surface area contributed by atoms with Crippen LogP contribution >= 0.6 is 0 Å². The number of hydrogen-bond donors (Lipinski definition) is 1. The molecule has 1 aliphatic heterocycles. The Labute approximate surface area is 66.2 Å². The third kappa shape index (κ3) is 0.913. The summed E-state index contributed by atoms with van der Waals surface area (Å²) < 4.78 is 10.8. The lowest BCUT2D eigenvalue weighted by Gasteiger charge is -2.28. The molecule has 3 heteroatoms. The predicted molar refractivity (Wildman–Crippen MR) is 40.4 cm³/mol. The lowest BCUT2D eigenvalue weighted by atomic mass is 10.0. The fourth-order valence-corrected chi connectivity index (χ4v) is 1.94. The minimum atomic E-state index is -0.380. The van der Waals surface area contributed by atoms with Gasteiger partial charge < -0.3 is 15.2 Å². The van der Waals surface area contributed by atoms with Gasteiger partial charge in [-0.25, -0.2) is 0 Å². The Kier molecular flexibility index (Phi) is 1.53. The van der Waals surface area contributed by atoms with E-state index in [2.05, 4.69) is 0 Å². The largest absolute Gasteiger partial charge is 0.456 e. The highest BCUT2D eigenvalue weighted by Crippen LogP contribution is 2.41. The molecule has 2 rings (SSSR count). The van der Waals surface area contributed by atoms with E-state index < -0.39 is 0 Å². The zero-order chi connectivity index (χ0) is 7.73.